The van der Waals surface area contributed by atoms with E-state index < -0.39 is 39.8 Å². The Bertz CT molecular complexity index is 665. The molecule has 9 heteroatoms. The lowest BCUT2D eigenvalue weighted by molar-refractivity contribution is -0.172. The quantitative estimate of drug-likeness (QED) is 0.0651. The molecule has 3 N–H and O–H groups in total. The first-order valence-electron chi connectivity index (χ1n) is 14.2. The summed E-state index contributed by atoms with van der Waals surface area (Å²) in [4.78, 5) is 23.3. The maximum atomic E-state index is 12.2. The summed E-state index contributed by atoms with van der Waals surface area (Å²) in [6, 6.07) is 0. The van der Waals surface area contributed by atoms with Gasteiger partial charge in [0.1, 0.15) is 0 Å². The second-order valence-electron chi connectivity index (χ2n) is 10.1. The van der Waals surface area contributed by atoms with Crippen LogP contribution in [0.4, 0.5) is 0 Å². The molecule has 0 aromatic carbocycles. The molecule has 0 fully saturated rings. The zero-order chi connectivity index (χ0) is 27.1. The second-order valence-corrected chi connectivity index (χ2v) is 11.7. The predicted molar refractivity (Wildman–Crippen MR) is 143 cm³/mol. The van der Waals surface area contributed by atoms with Gasteiger partial charge in [-0.05, 0) is 19.3 Å². The number of rotatable bonds is 26. The topological polar surface area (TPSA) is 138 Å². The van der Waals surface area contributed by atoms with Crippen LogP contribution in [0.15, 0.2) is 0 Å². The monoisotopic (exact) mass is 536 g/mol. The molecule has 0 saturated carbocycles. The van der Waals surface area contributed by atoms with Crippen LogP contribution >= 0.6 is 0 Å². The van der Waals surface area contributed by atoms with Gasteiger partial charge in [-0.15, -0.1) is 0 Å². The van der Waals surface area contributed by atoms with Crippen molar-refractivity contribution >= 4 is 22.1 Å². The Hall–Kier alpha value is -1.19. The lowest BCUT2D eigenvalue weighted by atomic mass is 9.92. The molecule has 0 rings (SSSR count). The van der Waals surface area contributed by atoms with Crippen molar-refractivity contribution < 1.29 is 37.5 Å². The maximum Gasteiger partial charge on any atom is 0.338 e. The smallest absolute Gasteiger partial charge is 0.338 e. The number of aliphatic hydroxyl groups is 1. The van der Waals surface area contributed by atoms with E-state index in [1.54, 1.807) is 0 Å². The third kappa shape index (κ3) is 22.0. The van der Waals surface area contributed by atoms with Gasteiger partial charge in [0.05, 0.1) is 18.8 Å². The minimum atomic E-state index is -4.16. The Morgan fingerprint density at radius 1 is 0.694 bits per heavy atom. The van der Waals surface area contributed by atoms with Gasteiger partial charge in [-0.25, -0.2) is 4.79 Å². The fraction of sp³-hybridized carbons (Fsp3) is 0.926. The largest absolute Gasteiger partial charge is 0.481 e. The van der Waals surface area contributed by atoms with Crippen molar-refractivity contribution in [2.45, 2.75) is 147 Å². The van der Waals surface area contributed by atoms with E-state index in [2.05, 4.69) is 6.92 Å². The summed E-state index contributed by atoms with van der Waals surface area (Å²) in [5, 5.41) is 19.6. The normalized spacial score (nSPS) is 13.4. The fourth-order valence-corrected chi connectivity index (χ4v) is 4.86. The van der Waals surface area contributed by atoms with Gasteiger partial charge in [0.15, 0.2) is 5.60 Å². The van der Waals surface area contributed by atoms with Gasteiger partial charge in [-0.2, -0.15) is 8.42 Å². The summed E-state index contributed by atoms with van der Waals surface area (Å²) in [5.74, 6) is -2.95. The molecule has 0 aromatic rings. The SMILES string of the molecule is CCCCCCCCCCCCCCCCCCCCC(O)(CC(=O)O)C(=O)OCCCS(=O)(=O)O. The van der Waals surface area contributed by atoms with Gasteiger partial charge in [0, 0.05) is 0 Å². The molecule has 1 unspecified atom stereocenters. The van der Waals surface area contributed by atoms with E-state index in [0.717, 1.165) is 25.7 Å². The molecule has 0 radical (unpaired) electrons. The van der Waals surface area contributed by atoms with Gasteiger partial charge < -0.3 is 14.9 Å². The number of carboxylic acid groups (broad SMARTS) is 1. The number of unbranched alkanes of at least 4 members (excludes halogenated alkanes) is 17. The highest BCUT2D eigenvalue weighted by molar-refractivity contribution is 7.85. The van der Waals surface area contributed by atoms with E-state index in [-0.39, 0.29) is 19.4 Å². The molecule has 0 aliphatic heterocycles. The summed E-state index contributed by atoms with van der Waals surface area (Å²) in [5.41, 5.74) is -2.13. The molecule has 8 nitrogen and oxygen atoms in total. The number of aliphatic carboxylic acids is 1. The van der Waals surface area contributed by atoms with Crippen molar-refractivity contribution in [3.8, 4) is 0 Å². The molecule has 0 bridgehead atoms. The Morgan fingerprint density at radius 2 is 1.08 bits per heavy atom. The molecular weight excluding hydrogens is 484 g/mol. The standard InChI is InChI=1S/C27H52O8S/c1-2-3-4-5-6-7-8-9-10-11-12-13-14-15-16-17-18-19-21-27(31,24-25(28)29)26(30)35-22-20-23-36(32,33)34/h31H,2-24H2,1H3,(H,28,29)(H,32,33,34). The molecule has 36 heavy (non-hydrogen) atoms. The van der Waals surface area contributed by atoms with Crippen LogP contribution in [-0.4, -0.2) is 53.1 Å². The van der Waals surface area contributed by atoms with Gasteiger partial charge in [0.25, 0.3) is 10.1 Å². The van der Waals surface area contributed by atoms with E-state index in [4.69, 9.17) is 14.4 Å². The molecule has 0 spiro atoms. The summed E-state index contributed by atoms with van der Waals surface area (Å²) in [7, 11) is -4.16. The molecule has 0 saturated heterocycles. The number of carbonyl (C=O) groups is 2. The fourth-order valence-electron chi connectivity index (χ4n) is 4.37. The molecule has 214 valence electrons. The van der Waals surface area contributed by atoms with E-state index in [1.807, 2.05) is 0 Å². The number of hydrogen-bond acceptors (Lipinski definition) is 6. The van der Waals surface area contributed by atoms with Crippen molar-refractivity contribution in [2.75, 3.05) is 12.4 Å². The Morgan fingerprint density at radius 3 is 1.44 bits per heavy atom. The van der Waals surface area contributed by atoms with Crippen molar-refractivity contribution in [3.63, 3.8) is 0 Å². The van der Waals surface area contributed by atoms with Crippen molar-refractivity contribution in [1.29, 1.82) is 0 Å². The second kappa shape index (κ2) is 21.9. The highest BCUT2D eigenvalue weighted by Gasteiger charge is 2.39. The summed E-state index contributed by atoms with van der Waals surface area (Å²) in [6.07, 6.45) is 21.0. The number of ether oxygens (including phenoxy) is 1. The molecule has 0 heterocycles. The molecular formula is C27H52O8S. The van der Waals surface area contributed by atoms with Crippen molar-refractivity contribution in [2.24, 2.45) is 0 Å². The predicted octanol–water partition coefficient (Wildman–Crippen LogP) is 6.45. The summed E-state index contributed by atoms with van der Waals surface area (Å²) in [6.45, 7) is 1.93. The highest BCUT2D eigenvalue weighted by Crippen LogP contribution is 2.23. The lowest BCUT2D eigenvalue weighted by Gasteiger charge is -2.24. The van der Waals surface area contributed by atoms with E-state index in [1.165, 1.54) is 83.5 Å². The first-order valence-corrected chi connectivity index (χ1v) is 15.8. The van der Waals surface area contributed by atoms with E-state index >= 15 is 0 Å². The molecule has 0 amide bonds. The maximum absolute atomic E-state index is 12.2. The zero-order valence-electron chi connectivity index (χ0n) is 22.6. The van der Waals surface area contributed by atoms with Crippen LogP contribution in [0.3, 0.4) is 0 Å². The third-order valence-electron chi connectivity index (χ3n) is 6.55. The molecule has 0 aliphatic carbocycles. The lowest BCUT2D eigenvalue weighted by Crippen LogP contribution is -2.42. The van der Waals surface area contributed by atoms with Gasteiger partial charge in [0.2, 0.25) is 0 Å². The van der Waals surface area contributed by atoms with Crippen LogP contribution in [0.25, 0.3) is 0 Å². The van der Waals surface area contributed by atoms with Crippen LogP contribution in [0.5, 0.6) is 0 Å². The molecule has 0 aromatic heterocycles. The number of esters is 1. The van der Waals surface area contributed by atoms with E-state index in [0.29, 0.717) is 6.42 Å². The van der Waals surface area contributed by atoms with Crippen LogP contribution in [0.2, 0.25) is 0 Å². The van der Waals surface area contributed by atoms with Crippen LogP contribution in [-0.2, 0) is 24.4 Å². The van der Waals surface area contributed by atoms with Gasteiger partial charge in [-0.1, -0.05) is 116 Å². The first-order chi connectivity index (χ1) is 17.1. The zero-order valence-corrected chi connectivity index (χ0v) is 23.4. The number of carbonyl (C=O) groups excluding carboxylic acids is 1. The number of carboxylic acids is 1. The third-order valence-corrected chi connectivity index (χ3v) is 7.35. The molecule has 0 aliphatic rings. The Balaban J connectivity index is 3.77. The average molecular weight is 537 g/mol. The van der Waals surface area contributed by atoms with Gasteiger partial charge in [-0.3, -0.25) is 9.35 Å². The summed E-state index contributed by atoms with van der Waals surface area (Å²) >= 11 is 0. The Kier molecular flexibility index (Phi) is 21.1. The first kappa shape index (κ1) is 34.8. The van der Waals surface area contributed by atoms with Crippen molar-refractivity contribution in [1.82, 2.24) is 0 Å². The van der Waals surface area contributed by atoms with Crippen LogP contribution in [0.1, 0.15) is 142 Å². The highest BCUT2D eigenvalue weighted by atomic mass is 32.2. The van der Waals surface area contributed by atoms with E-state index in [9.17, 15) is 23.1 Å². The Labute approximate surface area is 219 Å². The van der Waals surface area contributed by atoms with Gasteiger partial charge >= 0.3 is 11.9 Å². The van der Waals surface area contributed by atoms with Crippen LogP contribution in [0, 0.1) is 0 Å². The van der Waals surface area contributed by atoms with Crippen LogP contribution < -0.4 is 0 Å². The number of hydrogen-bond donors (Lipinski definition) is 3. The average Bonchev–Trinajstić information content (AvgIpc) is 2.79. The minimum absolute atomic E-state index is 0.0187. The molecule has 1 atom stereocenters. The minimum Gasteiger partial charge on any atom is -0.481 e. The summed E-state index contributed by atoms with van der Waals surface area (Å²) < 4.78 is 34.9. The van der Waals surface area contributed by atoms with Crippen molar-refractivity contribution in [3.05, 3.63) is 0 Å².